The summed E-state index contributed by atoms with van der Waals surface area (Å²) in [5, 5.41) is 2.78. The summed E-state index contributed by atoms with van der Waals surface area (Å²) in [5.41, 5.74) is 1.65. The highest BCUT2D eigenvalue weighted by Crippen LogP contribution is 2.19. The molecule has 0 radical (unpaired) electrons. The summed E-state index contributed by atoms with van der Waals surface area (Å²) in [7, 11) is 4.84. The van der Waals surface area contributed by atoms with Gasteiger partial charge >= 0.3 is 5.97 Å². The maximum Gasteiger partial charge on any atom is 0.341 e. The van der Waals surface area contributed by atoms with Crippen LogP contribution in [0, 0.1) is 13.8 Å². The SMILES string of the molecule is COC(=O)c1cc(CN(C)C(C)C(=O)Nc2c(C)n(C)n(-c3ccccc3)c2=O)oc1C. The van der Waals surface area contributed by atoms with Gasteiger partial charge in [-0.2, -0.15) is 0 Å². The predicted octanol–water partition coefficient (Wildman–Crippen LogP) is 2.63. The highest BCUT2D eigenvalue weighted by Gasteiger charge is 2.24. The molecule has 1 unspecified atom stereocenters. The topological polar surface area (TPSA) is 98.7 Å². The lowest BCUT2D eigenvalue weighted by Crippen LogP contribution is -2.40. The number of aromatic nitrogens is 2. The smallest absolute Gasteiger partial charge is 0.341 e. The van der Waals surface area contributed by atoms with Crippen LogP contribution in [-0.4, -0.2) is 46.3 Å². The Bertz CT molecular complexity index is 1190. The van der Waals surface area contributed by atoms with Crippen LogP contribution in [-0.2, 0) is 23.1 Å². The lowest BCUT2D eigenvalue weighted by Gasteiger charge is -2.22. The minimum Gasteiger partial charge on any atom is -0.465 e. The van der Waals surface area contributed by atoms with Crippen LogP contribution in [0.4, 0.5) is 5.69 Å². The Morgan fingerprint density at radius 1 is 1.22 bits per heavy atom. The molecular weight excluding hydrogens is 412 g/mol. The summed E-state index contributed by atoms with van der Waals surface area (Å²) in [6.45, 7) is 5.50. The molecule has 0 fully saturated rings. The van der Waals surface area contributed by atoms with Gasteiger partial charge in [-0.3, -0.25) is 19.2 Å². The number of nitrogens with zero attached hydrogens (tertiary/aromatic N) is 3. The quantitative estimate of drug-likeness (QED) is 0.567. The number of hydrogen-bond donors (Lipinski definition) is 1. The number of para-hydroxylation sites is 1. The van der Waals surface area contributed by atoms with Crippen molar-refractivity contribution in [2.45, 2.75) is 33.4 Å². The van der Waals surface area contributed by atoms with Gasteiger partial charge in [0.15, 0.2) is 0 Å². The summed E-state index contributed by atoms with van der Waals surface area (Å²) in [4.78, 5) is 39.5. The Morgan fingerprint density at radius 3 is 2.50 bits per heavy atom. The fourth-order valence-corrected chi connectivity index (χ4v) is 3.46. The second kappa shape index (κ2) is 9.27. The largest absolute Gasteiger partial charge is 0.465 e. The summed E-state index contributed by atoms with van der Waals surface area (Å²) < 4.78 is 13.6. The Labute approximate surface area is 186 Å². The number of aryl methyl sites for hydroxylation is 1. The number of carbonyl (C=O) groups excluding carboxylic acids is 2. The molecule has 170 valence electrons. The molecule has 0 bridgehead atoms. The molecule has 9 heteroatoms. The zero-order valence-corrected chi connectivity index (χ0v) is 19.1. The molecule has 0 aliphatic heterocycles. The van der Waals surface area contributed by atoms with Crippen molar-refractivity contribution >= 4 is 17.6 Å². The molecule has 0 saturated heterocycles. The van der Waals surface area contributed by atoms with Crippen LogP contribution in [0.25, 0.3) is 5.69 Å². The van der Waals surface area contributed by atoms with E-state index < -0.39 is 12.0 Å². The van der Waals surface area contributed by atoms with Gasteiger partial charge in [0.2, 0.25) is 5.91 Å². The number of methoxy groups -OCH3 is 1. The zero-order chi connectivity index (χ0) is 23.6. The first-order valence-corrected chi connectivity index (χ1v) is 10.2. The molecule has 0 spiro atoms. The van der Waals surface area contributed by atoms with Crippen molar-refractivity contribution in [2.24, 2.45) is 7.05 Å². The number of benzene rings is 1. The first-order chi connectivity index (χ1) is 15.1. The standard InChI is InChI=1S/C23H28N4O5/c1-14-20(22(29)27(26(14)5)17-10-8-7-9-11-17)24-21(28)15(2)25(4)13-18-12-19(16(3)32-18)23(30)31-6/h7-12,15H,13H2,1-6H3,(H,24,28). The van der Waals surface area contributed by atoms with Gasteiger partial charge in [-0.05, 0) is 46.0 Å². The number of carbonyl (C=O) groups is 2. The van der Waals surface area contributed by atoms with Crippen molar-refractivity contribution in [3.63, 3.8) is 0 Å². The van der Waals surface area contributed by atoms with Crippen LogP contribution in [0.1, 0.15) is 34.5 Å². The van der Waals surface area contributed by atoms with Gasteiger partial charge in [-0.15, -0.1) is 0 Å². The number of rotatable bonds is 7. The van der Waals surface area contributed by atoms with E-state index in [0.29, 0.717) is 35.0 Å². The molecule has 2 heterocycles. The number of likely N-dealkylation sites (N-methyl/N-ethyl adjacent to an activating group) is 1. The third-order valence-electron chi connectivity index (χ3n) is 5.62. The van der Waals surface area contributed by atoms with Crippen LogP contribution >= 0.6 is 0 Å². The van der Waals surface area contributed by atoms with E-state index in [1.165, 1.54) is 11.8 Å². The summed E-state index contributed by atoms with van der Waals surface area (Å²) in [5.74, 6) is 0.196. The number of esters is 1. The number of ether oxygens (including phenoxy) is 1. The van der Waals surface area contributed by atoms with Crippen LogP contribution in [0.15, 0.2) is 45.6 Å². The first-order valence-electron chi connectivity index (χ1n) is 10.2. The molecule has 1 aromatic carbocycles. The van der Waals surface area contributed by atoms with E-state index in [1.807, 2.05) is 30.3 Å². The van der Waals surface area contributed by atoms with E-state index in [2.05, 4.69) is 5.32 Å². The predicted molar refractivity (Wildman–Crippen MR) is 120 cm³/mol. The Morgan fingerprint density at radius 2 is 1.88 bits per heavy atom. The summed E-state index contributed by atoms with van der Waals surface area (Å²) in [6, 6.07) is 10.3. The molecule has 2 aromatic heterocycles. The molecule has 32 heavy (non-hydrogen) atoms. The molecule has 3 rings (SSSR count). The third kappa shape index (κ3) is 4.38. The van der Waals surface area contributed by atoms with E-state index in [0.717, 1.165) is 0 Å². The summed E-state index contributed by atoms with van der Waals surface area (Å²) >= 11 is 0. The number of furan rings is 1. The third-order valence-corrected chi connectivity index (χ3v) is 5.62. The van der Waals surface area contributed by atoms with Crippen molar-refractivity contribution in [3.05, 3.63) is 69.5 Å². The molecule has 1 amide bonds. The second-order valence-corrected chi connectivity index (χ2v) is 7.69. The molecule has 0 saturated carbocycles. The van der Waals surface area contributed by atoms with E-state index in [9.17, 15) is 14.4 Å². The zero-order valence-electron chi connectivity index (χ0n) is 19.1. The minimum atomic E-state index is -0.564. The van der Waals surface area contributed by atoms with E-state index >= 15 is 0 Å². The second-order valence-electron chi connectivity index (χ2n) is 7.69. The normalized spacial score (nSPS) is 12.1. The Hall–Kier alpha value is -3.59. The van der Waals surface area contributed by atoms with Crippen LogP contribution in [0.2, 0.25) is 0 Å². The molecule has 1 N–H and O–H groups in total. The lowest BCUT2D eigenvalue weighted by atomic mass is 10.2. The molecule has 0 aliphatic rings. The van der Waals surface area contributed by atoms with Gasteiger partial charge in [0.1, 0.15) is 22.8 Å². The Balaban J connectivity index is 1.76. The van der Waals surface area contributed by atoms with Crippen LogP contribution < -0.4 is 10.9 Å². The maximum absolute atomic E-state index is 13.0. The molecule has 1 atom stereocenters. The van der Waals surface area contributed by atoms with E-state index in [-0.39, 0.29) is 17.2 Å². The number of amides is 1. The van der Waals surface area contributed by atoms with Gasteiger partial charge < -0.3 is 14.5 Å². The average molecular weight is 441 g/mol. The van der Waals surface area contributed by atoms with Crippen molar-refractivity contribution in [2.75, 3.05) is 19.5 Å². The summed E-state index contributed by atoms with van der Waals surface area (Å²) in [6.07, 6.45) is 0. The van der Waals surface area contributed by atoms with Crippen molar-refractivity contribution in [1.29, 1.82) is 0 Å². The lowest BCUT2D eigenvalue weighted by molar-refractivity contribution is -0.120. The highest BCUT2D eigenvalue weighted by atomic mass is 16.5. The minimum absolute atomic E-state index is 0.239. The maximum atomic E-state index is 13.0. The number of nitrogens with one attached hydrogen (secondary N) is 1. The molecule has 3 aromatic rings. The molecule has 0 aliphatic carbocycles. The highest BCUT2D eigenvalue weighted by molar-refractivity contribution is 5.95. The number of anilines is 1. The van der Waals surface area contributed by atoms with Crippen molar-refractivity contribution in [3.8, 4) is 5.69 Å². The van der Waals surface area contributed by atoms with Gasteiger partial charge in [-0.1, -0.05) is 18.2 Å². The van der Waals surface area contributed by atoms with Gasteiger partial charge in [0.05, 0.1) is 31.1 Å². The van der Waals surface area contributed by atoms with Gasteiger partial charge in [0, 0.05) is 7.05 Å². The fraction of sp³-hybridized carbons (Fsp3) is 0.348. The molecular formula is C23H28N4O5. The average Bonchev–Trinajstić information content (AvgIpc) is 3.24. The number of hydrogen-bond acceptors (Lipinski definition) is 6. The van der Waals surface area contributed by atoms with Crippen molar-refractivity contribution in [1.82, 2.24) is 14.3 Å². The monoisotopic (exact) mass is 440 g/mol. The fourth-order valence-electron chi connectivity index (χ4n) is 3.46. The Kier molecular flexibility index (Phi) is 6.69. The van der Waals surface area contributed by atoms with E-state index in [1.54, 1.807) is 50.5 Å². The first kappa shape index (κ1) is 23.1. The van der Waals surface area contributed by atoms with Gasteiger partial charge in [0.25, 0.3) is 5.56 Å². The van der Waals surface area contributed by atoms with E-state index in [4.69, 9.17) is 9.15 Å². The van der Waals surface area contributed by atoms with Crippen LogP contribution in [0.5, 0.6) is 0 Å². The van der Waals surface area contributed by atoms with Gasteiger partial charge in [-0.25, -0.2) is 9.48 Å². The van der Waals surface area contributed by atoms with Crippen molar-refractivity contribution < 1.29 is 18.7 Å². The molecule has 9 nitrogen and oxygen atoms in total. The van der Waals surface area contributed by atoms with Crippen LogP contribution in [0.3, 0.4) is 0 Å².